The van der Waals surface area contributed by atoms with E-state index < -0.39 is 53.9 Å². The van der Waals surface area contributed by atoms with Gasteiger partial charge in [-0.15, -0.1) is 0 Å². The van der Waals surface area contributed by atoms with Gasteiger partial charge in [0.05, 0.1) is 31.4 Å². The number of nitrogen functional groups attached to an aromatic ring is 1. The molecule has 3 N–H and O–H groups in total. The van der Waals surface area contributed by atoms with E-state index >= 15 is 0 Å². The van der Waals surface area contributed by atoms with Crippen molar-refractivity contribution in [1.82, 2.24) is 20.2 Å². The van der Waals surface area contributed by atoms with Gasteiger partial charge < -0.3 is 20.4 Å². The van der Waals surface area contributed by atoms with Gasteiger partial charge in [0.25, 0.3) is 11.8 Å². The molecular weight excluding hydrogens is 580 g/mol. The number of alkyl halides is 5. The summed E-state index contributed by atoms with van der Waals surface area (Å²) in [6.45, 7) is -1.75. The highest BCUT2D eigenvalue weighted by Gasteiger charge is 2.46. The third-order valence-electron chi connectivity index (χ3n) is 6.44. The summed E-state index contributed by atoms with van der Waals surface area (Å²) in [5.41, 5.74) is 3.96. The lowest BCUT2D eigenvalue weighted by Gasteiger charge is -2.38. The van der Waals surface area contributed by atoms with E-state index in [2.05, 4.69) is 15.3 Å². The van der Waals surface area contributed by atoms with E-state index in [0.29, 0.717) is 17.4 Å². The van der Waals surface area contributed by atoms with Crippen molar-refractivity contribution in [2.45, 2.75) is 18.6 Å². The molecule has 1 saturated heterocycles. The number of hydrogen-bond acceptors (Lipinski definition) is 6. The van der Waals surface area contributed by atoms with Gasteiger partial charge in [0, 0.05) is 29.0 Å². The maximum Gasteiger partial charge on any atom is 0.417 e. The van der Waals surface area contributed by atoms with Crippen molar-refractivity contribution in [1.29, 1.82) is 0 Å². The average Bonchev–Trinajstić information content (AvgIpc) is 3.42. The molecule has 222 valence electrons. The normalized spacial score (nSPS) is 14.5. The fourth-order valence-corrected chi connectivity index (χ4v) is 4.29. The second-order valence-corrected chi connectivity index (χ2v) is 9.67. The van der Waals surface area contributed by atoms with Crippen molar-refractivity contribution in [2.24, 2.45) is 0 Å². The molecule has 2 aromatic heterocycles. The van der Waals surface area contributed by atoms with Crippen LogP contribution in [-0.2, 0) is 17.5 Å². The molecule has 0 aliphatic carbocycles. The molecule has 2 aromatic carbocycles. The van der Waals surface area contributed by atoms with E-state index in [-0.39, 0.29) is 34.9 Å². The van der Waals surface area contributed by atoms with Gasteiger partial charge in [0.15, 0.2) is 0 Å². The summed E-state index contributed by atoms with van der Waals surface area (Å²) in [5, 5.41) is 2.53. The predicted octanol–water partition coefficient (Wildman–Crippen LogP) is 5.56. The van der Waals surface area contributed by atoms with E-state index in [1.54, 1.807) is 12.1 Å². The molecule has 8 nitrogen and oxygen atoms in total. The van der Waals surface area contributed by atoms with Gasteiger partial charge >= 0.3 is 6.18 Å². The number of likely N-dealkylation sites (tertiary alicyclic amines) is 1. The zero-order valence-corrected chi connectivity index (χ0v) is 22.0. The van der Waals surface area contributed by atoms with Crippen LogP contribution in [0.4, 0.5) is 32.2 Å². The number of aromatic nitrogens is 2. The summed E-state index contributed by atoms with van der Waals surface area (Å²) < 4.78 is 88.7. The van der Waals surface area contributed by atoms with Crippen molar-refractivity contribution in [3.05, 3.63) is 95.3 Å². The van der Waals surface area contributed by atoms with Crippen molar-refractivity contribution in [2.75, 3.05) is 18.8 Å². The number of hydrogen-bond donors (Lipinski definition) is 2. The lowest BCUT2D eigenvalue weighted by atomic mass is 9.97. The van der Waals surface area contributed by atoms with E-state index in [9.17, 15) is 35.9 Å². The van der Waals surface area contributed by atoms with E-state index in [1.807, 2.05) is 0 Å². The maximum atomic E-state index is 14.9. The molecule has 0 radical (unpaired) electrons. The molecule has 0 saturated carbocycles. The molecule has 0 bridgehead atoms. The molecular formula is C29H21F6N5O3. The Labute approximate surface area is 239 Å². The standard InChI is InChI=1S/C29H21F6N5O3/c30-23-10-18(27(42)40-14-28(31,32)15-40)4-5-20(23)17-3-6-21(22(9-17)29(33,34)35)26-39-13-19(43-26)12-38-25(41)8-2-16-1-7-24(36)37-11-16/h1-11,13H,12,14-15H2,(H2,36,37)(H,38,41). The van der Waals surface area contributed by atoms with Crippen LogP contribution in [0.3, 0.4) is 0 Å². The topological polar surface area (TPSA) is 114 Å². The SMILES string of the molecule is Nc1ccc(C=CC(=O)NCc2cnc(-c3ccc(-c4ccc(C(=O)N5CC(F)(F)C5)cc4F)cc3C(F)(F)F)o2)cn1. The third kappa shape index (κ3) is 6.68. The minimum Gasteiger partial charge on any atom is -0.439 e. The third-order valence-corrected chi connectivity index (χ3v) is 6.44. The van der Waals surface area contributed by atoms with Crippen LogP contribution in [0.2, 0.25) is 0 Å². The van der Waals surface area contributed by atoms with Gasteiger partial charge in [-0.25, -0.2) is 23.1 Å². The number of amides is 2. The highest BCUT2D eigenvalue weighted by molar-refractivity contribution is 5.95. The average molecular weight is 602 g/mol. The van der Waals surface area contributed by atoms with Gasteiger partial charge in [-0.05, 0) is 53.6 Å². The maximum absolute atomic E-state index is 14.9. The number of carbonyl (C=O) groups is 2. The Morgan fingerprint density at radius 3 is 2.42 bits per heavy atom. The monoisotopic (exact) mass is 601 g/mol. The second kappa shape index (κ2) is 11.3. The van der Waals surface area contributed by atoms with Crippen LogP contribution in [0.5, 0.6) is 0 Å². The van der Waals surface area contributed by atoms with Gasteiger partial charge in [-0.1, -0.05) is 12.1 Å². The largest absolute Gasteiger partial charge is 0.439 e. The highest BCUT2D eigenvalue weighted by Crippen LogP contribution is 2.40. The number of nitrogens with zero attached hydrogens (tertiary/aromatic N) is 3. The molecule has 0 atom stereocenters. The molecule has 1 fully saturated rings. The van der Waals surface area contributed by atoms with Crippen LogP contribution in [0.1, 0.15) is 27.2 Å². The first-order chi connectivity index (χ1) is 20.3. The highest BCUT2D eigenvalue weighted by atomic mass is 19.4. The summed E-state index contributed by atoms with van der Waals surface area (Å²) >= 11 is 0. The van der Waals surface area contributed by atoms with Crippen molar-refractivity contribution >= 4 is 23.7 Å². The minimum absolute atomic E-state index is 0.0781. The Kier molecular flexibility index (Phi) is 7.69. The number of benzene rings is 2. The second-order valence-electron chi connectivity index (χ2n) is 9.67. The van der Waals surface area contributed by atoms with Crippen molar-refractivity contribution in [3.8, 4) is 22.6 Å². The van der Waals surface area contributed by atoms with Gasteiger partial charge in [0.2, 0.25) is 11.8 Å². The van der Waals surface area contributed by atoms with Gasteiger partial charge in [-0.2, -0.15) is 13.2 Å². The molecule has 0 spiro atoms. The molecule has 14 heteroatoms. The molecule has 4 aromatic rings. The lowest BCUT2D eigenvalue weighted by molar-refractivity contribution is -0.137. The van der Waals surface area contributed by atoms with Crippen LogP contribution in [0.15, 0.2) is 71.4 Å². The molecule has 2 amide bonds. The Bertz CT molecular complexity index is 1710. The predicted molar refractivity (Wildman–Crippen MR) is 143 cm³/mol. The summed E-state index contributed by atoms with van der Waals surface area (Å²) in [6, 6.07) is 9.29. The number of rotatable bonds is 7. The summed E-state index contributed by atoms with van der Waals surface area (Å²) in [6.07, 6.45) is 0.476. The van der Waals surface area contributed by atoms with Crippen LogP contribution in [0.25, 0.3) is 28.7 Å². The molecule has 0 unspecified atom stereocenters. The van der Waals surface area contributed by atoms with Crippen molar-refractivity contribution < 1.29 is 40.3 Å². The first-order valence-corrected chi connectivity index (χ1v) is 12.6. The number of halogens is 6. The summed E-state index contributed by atoms with van der Waals surface area (Å²) in [5.74, 6) is -5.30. The Morgan fingerprint density at radius 1 is 1.02 bits per heavy atom. The van der Waals surface area contributed by atoms with Crippen molar-refractivity contribution in [3.63, 3.8) is 0 Å². The number of anilines is 1. The summed E-state index contributed by atoms with van der Waals surface area (Å²) in [7, 11) is 0. The van der Waals surface area contributed by atoms with Crippen LogP contribution in [-0.4, -0.2) is 45.7 Å². The van der Waals surface area contributed by atoms with E-state index in [4.69, 9.17) is 10.2 Å². The zero-order chi connectivity index (χ0) is 30.9. The van der Waals surface area contributed by atoms with E-state index in [1.165, 1.54) is 30.6 Å². The van der Waals surface area contributed by atoms with Gasteiger partial charge in [-0.3, -0.25) is 9.59 Å². The van der Waals surface area contributed by atoms with E-state index in [0.717, 1.165) is 29.2 Å². The first-order valence-electron chi connectivity index (χ1n) is 12.6. The molecule has 5 rings (SSSR count). The Morgan fingerprint density at radius 2 is 1.77 bits per heavy atom. The molecule has 43 heavy (non-hydrogen) atoms. The fraction of sp³-hybridized carbons (Fsp3) is 0.172. The van der Waals surface area contributed by atoms with Gasteiger partial charge in [0.1, 0.15) is 17.4 Å². The Hall–Kier alpha value is -5.14. The van der Waals surface area contributed by atoms with Crippen LogP contribution in [0, 0.1) is 5.82 Å². The number of pyridine rings is 1. The minimum atomic E-state index is -4.88. The van der Waals surface area contributed by atoms with Crippen LogP contribution >= 0.6 is 0 Å². The van der Waals surface area contributed by atoms with Crippen LogP contribution < -0.4 is 11.1 Å². The zero-order valence-electron chi connectivity index (χ0n) is 22.0. The smallest absolute Gasteiger partial charge is 0.417 e. The Balaban J connectivity index is 1.31. The number of nitrogens with one attached hydrogen (secondary N) is 1. The number of nitrogens with two attached hydrogens (primary N) is 1. The summed E-state index contributed by atoms with van der Waals surface area (Å²) in [4.78, 5) is 33.1. The molecule has 3 heterocycles. The quantitative estimate of drug-likeness (QED) is 0.212. The molecule has 1 aliphatic heterocycles. The molecule has 1 aliphatic rings. The first kappa shape index (κ1) is 29.4. The number of carbonyl (C=O) groups excluding carboxylic acids is 2. The fourth-order valence-electron chi connectivity index (χ4n) is 4.29. The number of oxazole rings is 1. The lowest BCUT2D eigenvalue weighted by Crippen LogP contribution is -2.58.